The van der Waals surface area contributed by atoms with Gasteiger partial charge in [-0.15, -0.1) is 0 Å². The monoisotopic (exact) mass is 494 g/mol. The van der Waals surface area contributed by atoms with Gasteiger partial charge in [0, 0.05) is 53.2 Å². The molecule has 0 radical (unpaired) electrons. The van der Waals surface area contributed by atoms with Crippen LogP contribution in [0.25, 0.3) is 0 Å². The second kappa shape index (κ2) is 10.7. The molecule has 1 aromatic heterocycles. The lowest BCUT2D eigenvalue weighted by Crippen LogP contribution is -2.35. The third-order valence-corrected chi connectivity index (χ3v) is 6.61. The lowest BCUT2D eigenvalue weighted by molar-refractivity contribution is 0.102. The molecule has 1 aliphatic rings. The number of carbonyl (C=O) groups is 2. The molecule has 7 nitrogen and oxygen atoms in total. The Morgan fingerprint density at radius 3 is 1.92 bits per heavy atom. The minimum atomic E-state index is -0.226. The molecule has 37 heavy (non-hydrogen) atoms. The standard InChI is InChI=1S/C30H30N4O3/c1-20-18-28(31-19-20)30(37)33-25-8-4-22(5-9-25)29(36)21-2-6-23(7-3-21)32-24-10-12-26(13-11-24)34-16-14-27(35)15-17-34/h2-13,18-19,27,31-32,35H,14-17H2,1H3,(H,33,37). The molecule has 7 heteroatoms. The lowest BCUT2D eigenvalue weighted by Gasteiger charge is -2.31. The summed E-state index contributed by atoms with van der Waals surface area (Å²) in [4.78, 5) is 30.5. The molecule has 0 spiro atoms. The number of aliphatic hydroxyl groups is 1. The van der Waals surface area contributed by atoms with Gasteiger partial charge in [0.1, 0.15) is 5.69 Å². The molecule has 4 aromatic rings. The van der Waals surface area contributed by atoms with Crippen LogP contribution >= 0.6 is 0 Å². The number of anilines is 4. The number of ketones is 1. The summed E-state index contributed by atoms with van der Waals surface area (Å²) in [5.41, 5.74) is 6.25. The number of amides is 1. The van der Waals surface area contributed by atoms with Gasteiger partial charge < -0.3 is 25.6 Å². The zero-order valence-electron chi connectivity index (χ0n) is 20.7. The number of aromatic nitrogens is 1. The van der Waals surface area contributed by atoms with Gasteiger partial charge in [-0.25, -0.2) is 0 Å². The maximum absolute atomic E-state index is 12.9. The Balaban J connectivity index is 1.17. The quantitative estimate of drug-likeness (QED) is 0.254. The molecule has 1 amide bonds. The molecule has 4 N–H and O–H groups in total. The molecule has 0 atom stereocenters. The number of piperidine rings is 1. The molecule has 3 aromatic carbocycles. The number of aromatic amines is 1. The number of H-pyrrole nitrogens is 1. The molecule has 1 saturated heterocycles. The molecule has 0 unspecified atom stereocenters. The molecule has 5 rings (SSSR count). The van der Waals surface area contributed by atoms with Crippen molar-refractivity contribution in [1.82, 2.24) is 4.98 Å². The summed E-state index contributed by atoms with van der Waals surface area (Å²) < 4.78 is 0. The fourth-order valence-electron chi connectivity index (χ4n) is 4.45. The van der Waals surface area contributed by atoms with E-state index in [-0.39, 0.29) is 17.8 Å². The number of benzene rings is 3. The van der Waals surface area contributed by atoms with E-state index >= 15 is 0 Å². The summed E-state index contributed by atoms with van der Waals surface area (Å²) in [5, 5.41) is 15.9. The van der Waals surface area contributed by atoms with Crippen molar-refractivity contribution in [3.8, 4) is 0 Å². The third-order valence-electron chi connectivity index (χ3n) is 6.61. The summed E-state index contributed by atoms with van der Waals surface area (Å²) in [6.45, 7) is 3.65. The van der Waals surface area contributed by atoms with Crippen LogP contribution in [0.2, 0.25) is 0 Å². The second-order valence-corrected chi connectivity index (χ2v) is 9.42. The van der Waals surface area contributed by atoms with Crippen LogP contribution in [0.3, 0.4) is 0 Å². The minimum absolute atomic E-state index is 0.0829. The van der Waals surface area contributed by atoms with Crippen molar-refractivity contribution in [3.05, 3.63) is 107 Å². The summed E-state index contributed by atoms with van der Waals surface area (Å²) in [6, 6.07) is 24.3. The highest BCUT2D eigenvalue weighted by molar-refractivity contribution is 6.09. The van der Waals surface area contributed by atoms with Gasteiger partial charge in [0.2, 0.25) is 0 Å². The first-order valence-electron chi connectivity index (χ1n) is 12.5. The van der Waals surface area contributed by atoms with Crippen molar-refractivity contribution < 1.29 is 14.7 Å². The number of rotatable bonds is 7. The van der Waals surface area contributed by atoms with Crippen LogP contribution in [-0.4, -0.2) is 41.0 Å². The first-order chi connectivity index (χ1) is 17.9. The minimum Gasteiger partial charge on any atom is -0.393 e. The maximum atomic E-state index is 12.9. The highest BCUT2D eigenvalue weighted by Crippen LogP contribution is 2.24. The summed E-state index contributed by atoms with van der Waals surface area (Å²) in [6.07, 6.45) is 3.20. The zero-order chi connectivity index (χ0) is 25.8. The van der Waals surface area contributed by atoms with Crippen molar-refractivity contribution in [2.24, 2.45) is 0 Å². The number of aliphatic hydroxyl groups excluding tert-OH is 1. The van der Waals surface area contributed by atoms with E-state index in [0.717, 1.165) is 48.6 Å². The van der Waals surface area contributed by atoms with Crippen molar-refractivity contribution in [2.75, 3.05) is 28.6 Å². The molecule has 0 saturated carbocycles. The van der Waals surface area contributed by atoms with E-state index in [1.165, 1.54) is 0 Å². The zero-order valence-corrected chi connectivity index (χ0v) is 20.7. The van der Waals surface area contributed by atoms with E-state index in [2.05, 4.69) is 32.7 Å². The van der Waals surface area contributed by atoms with Gasteiger partial charge in [-0.05, 0) is 104 Å². The topological polar surface area (TPSA) is 97.5 Å². The Labute approximate surface area is 216 Å². The molecule has 2 heterocycles. The van der Waals surface area contributed by atoms with Gasteiger partial charge in [0.15, 0.2) is 5.78 Å². The van der Waals surface area contributed by atoms with Gasteiger partial charge in [-0.2, -0.15) is 0 Å². The van der Waals surface area contributed by atoms with E-state index < -0.39 is 0 Å². The van der Waals surface area contributed by atoms with E-state index in [9.17, 15) is 14.7 Å². The maximum Gasteiger partial charge on any atom is 0.272 e. The Morgan fingerprint density at radius 1 is 0.838 bits per heavy atom. The molecule has 1 fully saturated rings. The molecule has 0 aliphatic carbocycles. The molecule has 0 bridgehead atoms. The number of nitrogens with zero attached hydrogens (tertiary/aromatic N) is 1. The van der Waals surface area contributed by atoms with Crippen LogP contribution in [0.15, 0.2) is 85.1 Å². The lowest BCUT2D eigenvalue weighted by atomic mass is 10.0. The Kier molecular flexibility index (Phi) is 7.05. The van der Waals surface area contributed by atoms with Gasteiger partial charge >= 0.3 is 0 Å². The van der Waals surface area contributed by atoms with E-state index in [4.69, 9.17) is 0 Å². The van der Waals surface area contributed by atoms with Crippen molar-refractivity contribution in [3.63, 3.8) is 0 Å². The highest BCUT2D eigenvalue weighted by atomic mass is 16.3. The number of nitrogens with one attached hydrogen (secondary N) is 3. The van der Waals surface area contributed by atoms with Crippen molar-refractivity contribution in [2.45, 2.75) is 25.9 Å². The van der Waals surface area contributed by atoms with E-state index in [1.807, 2.05) is 31.2 Å². The Morgan fingerprint density at radius 2 is 1.38 bits per heavy atom. The molecule has 1 aliphatic heterocycles. The van der Waals surface area contributed by atoms with Crippen LogP contribution in [0.5, 0.6) is 0 Å². The third kappa shape index (κ3) is 5.90. The van der Waals surface area contributed by atoms with E-state index in [0.29, 0.717) is 22.5 Å². The van der Waals surface area contributed by atoms with Crippen molar-refractivity contribution in [1.29, 1.82) is 0 Å². The van der Waals surface area contributed by atoms with Crippen LogP contribution in [0.1, 0.15) is 44.8 Å². The van der Waals surface area contributed by atoms with Gasteiger partial charge in [-0.3, -0.25) is 9.59 Å². The predicted octanol–water partition coefficient (Wildman–Crippen LogP) is 5.51. The molecular formula is C30H30N4O3. The van der Waals surface area contributed by atoms with Gasteiger partial charge in [-0.1, -0.05) is 0 Å². The first kappa shape index (κ1) is 24.3. The predicted molar refractivity (Wildman–Crippen MR) is 147 cm³/mol. The van der Waals surface area contributed by atoms with Crippen LogP contribution in [0.4, 0.5) is 22.7 Å². The highest BCUT2D eigenvalue weighted by Gasteiger charge is 2.17. The number of carbonyl (C=O) groups excluding carboxylic acids is 2. The second-order valence-electron chi connectivity index (χ2n) is 9.42. The van der Waals surface area contributed by atoms with Gasteiger partial charge in [0.05, 0.1) is 6.10 Å². The fraction of sp³-hybridized carbons (Fsp3) is 0.200. The van der Waals surface area contributed by atoms with Crippen LogP contribution in [-0.2, 0) is 0 Å². The van der Waals surface area contributed by atoms with E-state index in [1.54, 1.807) is 48.7 Å². The summed E-state index contributed by atoms with van der Waals surface area (Å²) in [7, 11) is 0. The average Bonchev–Trinajstić information content (AvgIpc) is 3.37. The van der Waals surface area contributed by atoms with Crippen LogP contribution in [0, 0.1) is 6.92 Å². The molecular weight excluding hydrogens is 464 g/mol. The Hall–Kier alpha value is -4.36. The smallest absolute Gasteiger partial charge is 0.272 e. The number of aryl methyl sites for hydroxylation is 1. The normalized spacial score (nSPS) is 13.8. The number of hydrogen-bond acceptors (Lipinski definition) is 5. The summed E-state index contributed by atoms with van der Waals surface area (Å²) >= 11 is 0. The Bertz CT molecular complexity index is 1370. The number of hydrogen-bond donors (Lipinski definition) is 4. The first-order valence-corrected chi connectivity index (χ1v) is 12.5. The summed E-state index contributed by atoms with van der Waals surface area (Å²) in [5.74, 6) is -0.309. The SMILES string of the molecule is Cc1c[nH]c(C(=O)Nc2ccc(C(=O)c3ccc(Nc4ccc(N5CCC(O)CC5)cc4)cc3)cc2)c1. The molecule has 188 valence electrons. The van der Waals surface area contributed by atoms with Gasteiger partial charge in [0.25, 0.3) is 5.91 Å². The van der Waals surface area contributed by atoms with Crippen molar-refractivity contribution >= 4 is 34.4 Å². The fourth-order valence-corrected chi connectivity index (χ4v) is 4.45. The average molecular weight is 495 g/mol. The van der Waals surface area contributed by atoms with Crippen LogP contribution < -0.4 is 15.5 Å². The largest absolute Gasteiger partial charge is 0.393 e.